The fourth-order valence-electron chi connectivity index (χ4n) is 1.55. The van der Waals surface area contributed by atoms with Crippen molar-refractivity contribution in [2.24, 2.45) is 0 Å². The summed E-state index contributed by atoms with van der Waals surface area (Å²) in [6.07, 6.45) is -0.268. The highest BCUT2D eigenvalue weighted by Gasteiger charge is 2.18. The molecule has 1 amide bonds. The van der Waals surface area contributed by atoms with Crippen LogP contribution in [0.5, 0.6) is 0 Å². The lowest BCUT2D eigenvalue weighted by Gasteiger charge is -2.08. The molecule has 0 fully saturated rings. The Morgan fingerprint density at radius 1 is 1.57 bits per heavy atom. The van der Waals surface area contributed by atoms with Crippen molar-refractivity contribution < 1.29 is 9.90 Å². The monoisotopic (exact) mass is 211 g/mol. The number of hydrogen-bond donors (Lipinski definition) is 2. The van der Waals surface area contributed by atoms with Crippen LogP contribution in [0.25, 0.3) is 0 Å². The molecule has 0 aliphatic carbocycles. The van der Waals surface area contributed by atoms with E-state index >= 15 is 0 Å². The Labute approximate surface area is 86.7 Å². The number of benzene rings is 1. The third-order valence-electron chi connectivity index (χ3n) is 2.29. The van der Waals surface area contributed by atoms with E-state index in [0.717, 1.165) is 16.8 Å². The molecule has 0 aromatic heterocycles. The maximum Gasteiger partial charge on any atom is 0.228 e. The molecule has 0 radical (unpaired) electrons. The SMILES string of the molecule is O=C1Cc2cc(C(O)CCl)ccc2N1. The second kappa shape index (κ2) is 3.59. The van der Waals surface area contributed by atoms with E-state index in [9.17, 15) is 9.90 Å². The molecule has 1 aliphatic rings. The average molecular weight is 212 g/mol. The normalized spacial score (nSPS) is 16.3. The zero-order valence-electron chi connectivity index (χ0n) is 7.46. The van der Waals surface area contributed by atoms with Crippen molar-refractivity contribution in [1.82, 2.24) is 0 Å². The number of fused-ring (bicyclic) bond motifs is 1. The van der Waals surface area contributed by atoms with Crippen molar-refractivity contribution in [2.45, 2.75) is 12.5 Å². The van der Waals surface area contributed by atoms with Crippen LogP contribution in [0.1, 0.15) is 17.2 Å². The van der Waals surface area contributed by atoms with Gasteiger partial charge in [0.1, 0.15) is 0 Å². The molecule has 2 N–H and O–H groups in total. The summed E-state index contributed by atoms with van der Waals surface area (Å²) >= 11 is 5.53. The fraction of sp³-hybridized carbons (Fsp3) is 0.300. The molecule has 1 aromatic carbocycles. The largest absolute Gasteiger partial charge is 0.387 e. The van der Waals surface area contributed by atoms with Crippen LogP contribution in [-0.2, 0) is 11.2 Å². The highest BCUT2D eigenvalue weighted by atomic mass is 35.5. The summed E-state index contributed by atoms with van der Waals surface area (Å²) < 4.78 is 0. The van der Waals surface area contributed by atoms with Gasteiger partial charge in [-0.05, 0) is 17.2 Å². The predicted molar refractivity (Wildman–Crippen MR) is 54.5 cm³/mol. The minimum atomic E-state index is -0.655. The lowest BCUT2D eigenvalue weighted by Crippen LogP contribution is -2.03. The Bertz CT molecular complexity index is 378. The molecule has 0 saturated carbocycles. The predicted octanol–water partition coefficient (Wildman–Crippen LogP) is 1.45. The van der Waals surface area contributed by atoms with Crippen LogP contribution >= 0.6 is 11.6 Å². The van der Waals surface area contributed by atoms with E-state index in [4.69, 9.17) is 11.6 Å². The van der Waals surface area contributed by atoms with Gasteiger partial charge in [0.15, 0.2) is 0 Å². The Hall–Kier alpha value is -1.06. The maximum absolute atomic E-state index is 11.1. The molecule has 4 heteroatoms. The van der Waals surface area contributed by atoms with E-state index in [1.54, 1.807) is 12.1 Å². The van der Waals surface area contributed by atoms with Gasteiger partial charge in [-0.1, -0.05) is 12.1 Å². The van der Waals surface area contributed by atoms with E-state index < -0.39 is 6.10 Å². The Balaban J connectivity index is 2.32. The lowest BCUT2D eigenvalue weighted by atomic mass is 10.1. The zero-order valence-corrected chi connectivity index (χ0v) is 8.21. The number of aliphatic hydroxyl groups excluding tert-OH is 1. The first kappa shape index (κ1) is 9.49. The Morgan fingerprint density at radius 2 is 2.36 bits per heavy atom. The van der Waals surface area contributed by atoms with Crippen LogP contribution in [0, 0.1) is 0 Å². The number of amides is 1. The van der Waals surface area contributed by atoms with Crippen molar-refractivity contribution >= 4 is 23.2 Å². The minimum Gasteiger partial charge on any atom is -0.387 e. The van der Waals surface area contributed by atoms with Crippen LogP contribution in [0.4, 0.5) is 5.69 Å². The van der Waals surface area contributed by atoms with Crippen LogP contribution in [0.3, 0.4) is 0 Å². The highest BCUT2D eigenvalue weighted by Crippen LogP contribution is 2.26. The first-order chi connectivity index (χ1) is 6.70. The summed E-state index contributed by atoms with van der Waals surface area (Å²) in [6.45, 7) is 0. The molecule has 1 unspecified atom stereocenters. The Morgan fingerprint density at radius 3 is 3.07 bits per heavy atom. The summed E-state index contributed by atoms with van der Waals surface area (Å²) in [5, 5.41) is 12.2. The second-order valence-corrected chi connectivity index (χ2v) is 3.62. The van der Waals surface area contributed by atoms with Crippen molar-refractivity contribution in [3.05, 3.63) is 29.3 Å². The number of carbonyl (C=O) groups excluding carboxylic acids is 1. The van der Waals surface area contributed by atoms with Gasteiger partial charge in [-0.3, -0.25) is 4.79 Å². The van der Waals surface area contributed by atoms with Crippen molar-refractivity contribution in [3.8, 4) is 0 Å². The molecule has 1 aliphatic heterocycles. The number of rotatable bonds is 2. The standard InChI is InChI=1S/C10H10ClNO2/c11-5-9(13)6-1-2-8-7(3-6)4-10(14)12-8/h1-3,9,13H,4-5H2,(H,12,14). The van der Waals surface area contributed by atoms with Gasteiger partial charge in [0, 0.05) is 5.69 Å². The maximum atomic E-state index is 11.1. The molecule has 14 heavy (non-hydrogen) atoms. The highest BCUT2D eigenvalue weighted by molar-refractivity contribution is 6.18. The quantitative estimate of drug-likeness (QED) is 0.728. The minimum absolute atomic E-state index is 0.00230. The molecule has 3 nitrogen and oxygen atoms in total. The molecular formula is C10H10ClNO2. The third kappa shape index (κ3) is 1.61. The fourth-order valence-corrected chi connectivity index (χ4v) is 1.72. The zero-order chi connectivity index (χ0) is 10.1. The lowest BCUT2D eigenvalue weighted by molar-refractivity contribution is -0.115. The molecule has 74 valence electrons. The molecule has 1 atom stereocenters. The first-order valence-corrected chi connectivity index (χ1v) is 4.91. The number of halogens is 1. The average Bonchev–Trinajstić information content (AvgIpc) is 2.55. The molecule has 0 saturated heterocycles. The van der Waals surface area contributed by atoms with Crippen molar-refractivity contribution in [3.63, 3.8) is 0 Å². The molecule has 1 aromatic rings. The second-order valence-electron chi connectivity index (χ2n) is 3.31. The number of carbonyl (C=O) groups is 1. The van der Waals surface area contributed by atoms with Crippen LogP contribution < -0.4 is 5.32 Å². The molecule has 0 bridgehead atoms. The van der Waals surface area contributed by atoms with Gasteiger partial charge < -0.3 is 10.4 Å². The number of alkyl halides is 1. The van der Waals surface area contributed by atoms with Crippen molar-refractivity contribution in [1.29, 1.82) is 0 Å². The van der Waals surface area contributed by atoms with Crippen molar-refractivity contribution in [2.75, 3.05) is 11.2 Å². The summed E-state index contributed by atoms with van der Waals surface area (Å²) in [5.74, 6) is 0.165. The molecule has 0 spiro atoms. The van der Waals surface area contributed by atoms with Crippen LogP contribution in [0.15, 0.2) is 18.2 Å². The van der Waals surface area contributed by atoms with Gasteiger partial charge in [-0.2, -0.15) is 0 Å². The summed E-state index contributed by atoms with van der Waals surface area (Å²) in [4.78, 5) is 11.1. The van der Waals surface area contributed by atoms with E-state index in [1.807, 2.05) is 6.07 Å². The van der Waals surface area contributed by atoms with E-state index in [0.29, 0.717) is 6.42 Å². The van der Waals surface area contributed by atoms with E-state index in [1.165, 1.54) is 0 Å². The van der Waals surface area contributed by atoms with Gasteiger partial charge in [0.2, 0.25) is 5.91 Å². The van der Waals surface area contributed by atoms with Crippen LogP contribution in [0.2, 0.25) is 0 Å². The van der Waals surface area contributed by atoms with Crippen LogP contribution in [-0.4, -0.2) is 16.9 Å². The topological polar surface area (TPSA) is 49.3 Å². The summed E-state index contributed by atoms with van der Waals surface area (Å²) in [6, 6.07) is 5.39. The number of aliphatic hydroxyl groups is 1. The molecular weight excluding hydrogens is 202 g/mol. The Kier molecular flexibility index (Phi) is 2.44. The molecule has 1 heterocycles. The first-order valence-electron chi connectivity index (χ1n) is 4.37. The van der Waals surface area contributed by atoms with Gasteiger partial charge in [-0.25, -0.2) is 0 Å². The number of nitrogens with one attached hydrogen (secondary N) is 1. The van der Waals surface area contributed by atoms with Gasteiger partial charge >= 0.3 is 0 Å². The number of hydrogen-bond acceptors (Lipinski definition) is 2. The number of anilines is 1. The van der Waals surface area contributed by atoms with Gasteiger partial charge in [0.05, 0.1) is 18.4 Å². The van der Waals surface area contributed by atoms with Gasteiger partial charge in [-0.15, -0.1) is 11.6 Å². The third-order valence-corrected chi connectivity index (χ3v) is 2.58. The summed E-state index contributed by atoms with van der Waals surface area (Å²) in [5.41, 5.74) is 2.52. The summed E-state index contributed by atoms with van der Waals surface area (Å²) in [7, 11) is 0. The van der Waals surface area contributed by atoms with E-state index in [-0.39, 0.29) is 11.8 Å². The van der Waals surface area contributed by atoms with E-state index in [2.05, 4.69) is 5.32 Å². The smallest absolute Gasteiger partial charge is 0.228 e. The van der Waals surface area contributed by atoms with Gasteiger partial charge in [0.25, 0.3) is 0 Å². The molecule has 2 rings (SSSR count).